The number of carbonyl (C=O) groups is 1. The number of halogens is 1. The van der Waals surface area contributed by atoms with Crippen LogP contribution >= 0.6 is 33.9 Å². The van der Waals surface area contributed by atoms with E-state index in [9.17, 15) is 9.59 Å². The van der Waals surface area contributed by atoms with Gasteiger partial charge in [0.25, 0.3) is 5.56 Å². The summed E-state index contributed by atoms with van der Waals surface area (Å²) in [6.45, 7) is 1.78. The molecule has 4 rings (SSSR count). The van der Waals surface area contributed by atoms with Crippen LogP contribution in [0.25, 0.3) is 6.08 Å². The van der Waals surface area contributed by atoms with Crippen LogP contribution in [0.4, 0.5) is 0 Å². The highest BCUT2D eigenvalue weighted by molar-refractivity contribution is 14.1. The van der Waals surface area contributed by atoms with Crippen LogP contribution in [0.1, 0.15) is 24.1 Å². The molecule has 0 fully saturated rings. The van der Waals surface area contributed by atoms with E-state index in [2.05, 4.69) is 27.6 Å². The minimum atomic E-state index is -0.571. The Kier molecular flexibility index (Phi) is 5.51. The fourth-order valence-electron chi connectivity index (χ4n) is 3.39. The first-order valence-electron chi connectivity index (χ1n) is 8.91. The molecule has 146 valence electrons. The van der Waals surface area contributed by atoms with Gasteiger partial charge in [-0.15, -0.1) is 0 Å². The number of allylic oxidation sites excluding steroid dienone is 1. The van der Waals surface area contributed by atoms with Gasteiger partial charge in [-0.2, -0.15) is 0 Å². The quantitative estimate of drug-likeness (QED) is 0.398. The van der Waals surface area contributed by atoms with Gasteiger partial charge in [0.2, 0.25) is 0 Å². The average molecular weight is 516 g/mol. The Balaban J connectivity index is 1.98. The van der Waals surface area contributed by atoms with Crippen molar-refractivity contribution in [3.05, 3.63) is 100 Å². The summed E-state index contributed by atoms with van der Waals surface area (Å²) >= 11 is 3.57. The predicted molar refractivity (Wildman–Crippen MR) is 121 cm³/mol. The summed E-state index contributed by atoms with van der Waals surface area (Å²) in [4.78, 5) is 31.0. The number of aromatic nitrogens is 1. The van der Waals surface area contributed by atoms with E-state index < -0.39 is 12.0 Å². The van der Waals surface area contributed by atoms with Crippen LogP contribution in [0.5, 0.6) is 0 Å². The van der Waals surface area contributed by atoms with Gasteiger partial charge in [-0.1, -0.05) is 53.8 Å². The molecule has 7 heteroatoms. The lowest BCUT2D eigenvalue weighted by Gasteiger charge is -2.24. The highest BCUT2D eigenvalue weighted by atomic mass is 127. The summed E-state index contributed by atoms with van der Waals surface area (Å²) < 4.78 is 8.27. The number of ether oxygens (including phenoxy) is 1. The number of thiazole rings is 1. The maximum absolute atomic E-state index is 13.4. The van der Waals surface area contributed by atoms with E-state index in [0.717, 1.165) is 14.7 Å². The lowest BCUT2D eigenvalue weighted by atomic mass is 9.96. The smallest absolute Gasteiger partial charge is 0.338 e. The van der Waals surface area contributed by atoms with Crippen LogP contribution in [0.15, 0.2) is 75.7 Å². The van der Waals surface area contributed by atoms with Gasteiger partial charge in [0, 0.05) is 3.57 Å². The van der Waals surface area contributed by atoms with Crippen molar-refractivity contribution in [3.63, 3.8) is 0 Å². The molecule has 1 aromatic heterocycles. The molecule has 2 aromatic carbocycles. The molecule has 1 atom stereocenters. The number of rotatable bonds is 3. The van der Waals surface area contributed by atoms with Crippen LogP contribution in [-0.4, -0.2) is 17.6 Å². The molecular weight excluding hydrogens is 499 g/mol. The highest BCUT2D eigenvalue weighted by Gasteiger charge is 2.32. The van der Waals surface area contributed by atoms with Crippen molar-refractivity contribution < 1.29 is 9.53 Å². The van der Waals surface area contributed by atoms with E-state index in [0.29, 0.717) is 20.6 Å². The van der Waals surface area contributed by atoms with Crippen molar-refractivity contribution >= 4 is 46.0 Å². The van der Waals surface area contributed by atoms with Gasteiger partial charge in [0.1, 0.15) is 0 Å². The van der Waals surface area contributed by atoms with Crippen LogP contribution < -0.4 is 14.9 Å². The summed E-state index contributed by atoms with van der Waals surface area (Å²) in [6, 6.07) is 16.8. The van der Waals surface area contributed by atoms with Crippen LogP contribution in [0, 0.1) is 3.57 Å². The van der Waals surface area contributed by atoms with Crippen molar-refractivity contribution in [1.29, 1.82) is 0 Å². The van der Waals surface area contributed by atoms with E-state index in [1.54, 1.807) is 11.5 Å². The maximum Gasteiger partial charge on any atom is 0.338 e. The first-order valence-corrected chi connectivity index (χ1v) is 10.8. The van der Waals surface area contributed by atoms with E-state index >= 15 is 0 Å². The zero-order chi connectivity index (χ0) is 20.5. The van der Waals surface area contributed by atoms with E-state index in [1.165, 1.54) is 18.4 Å². The lowest BCUT2D eigenvalue weighted by molar-refractivity contribution is -0.136. The summed E-state index contributed by atoms with van der Waals surface area (Å²) in [5, 5.41) is 0. The number of esters is 1. The van der Waals surface area contributed by atoms with E-state index in [4.69, 9.17) is 4.74 Å². The zero-order valence-corrected chi connectivity index (χ0v) is 18.7. The number of fused-ring (bicyclic) bond motifs is 1. The molecule has 0 radical (unpaired) electrons. The Bertz CT molecular complexity index is 1310. The number of methoxy groups -OCH3 is 1. The second-order valence-corrected chi connectivity index (χ2v) is 8.79. The lowest BCUT2D eigenvalue weighted by Crippen LogP contribution is -2.39. The second-order valence-electron chi connectivity index (χ2n) is 6.54. The van der Waals surface area contributed by atoms with Gasteiger partial charge in [0.15, 0.2) is 4.80 Å². The third kappa shape index (κ3) is 3.72. The Morgan fingerprint density at radius 1 is 1.21 bits per heavy atom. The minimum absolute atomic E-state index is 0.171. The minimum Gasteiger partial charge on any atom is -0.466 e. The van der Waals surface area contributed by atoms with Gasteiger partial charge < -0.3 is 4.74 Å². The summed E-state index contributed by atoms with van der Waals surface area (Å²) in [5.41, 5.74) is 2.56. The first kappa shape index (κ1) is 19.8. The molecular formula is C22H17IN2O3S. The molecule has 0 saturated heterocycles. The van der Waals surface area contributed by atoms with Crippen LogP contribution in [0.2, 0.25) is 0 Å². The molecule has 0 aliphatic carbocycles. The van der Waals surface area contributed by atoms with E-state index in [-0.39, 0.29) is 5.56 Å². The zero-order valence-electron chi connectivity index (χ0n) is 15.8. The SMILES string of the molecule is COC(=O)C1=C(C)N=c2s/c(=C/c3cccc(I)c3)c(=O)n2[C@H]1c1ccccc1. The number of carbonyl (C=O) groups excluding carboxylic acids is 1. The predicted octanol–water partition coefficient (Wildman–Crippen LogP) is 3.01. The molecule has 0 bridgehead atoms. The molecule has 0 saturated carbocycles. The molecule has 0 unspecified atom stereocenters. The van der Waals surface area contributed by atoms with Crippen molar-refractivity contribution in [2.24, 2.45) is 4.99 Å². The highest BCUT2D eigenvalue weighted by Crippen LogP contribution is 2.30. The van der Waals surface area contributed by atoms with Crippen molar-refractivity contribution in [2.45, 2.75) is 13.0 Å². The monoisotopic (exact) mass is 516 g/mol. The van der Waals surface area contributed by atoms with E-state index in [1.807, 2.05) is 60.7 Å². The summed E-state index contributed by atoms with van der Waals surface area (Å²) in [6.07, 6.45) is 1.87. The Morgan fingerprint density at radius 2 is 1.97 bits per heavy atom. The summed E-state index contributed by atoms with van der Waals surface area (Å²) in [7, 11) is 1.34. The van der Waals surface area contributed by atoms with Crippen molar-refractivity contribution in [1.82, 2.24) is 4.57 Å². The number of benzene rings is 2. The van der Waals surface area contributed by atoms with Crippen molar-refractivity contribution in [2.75, 3.05) is 7.11 Å². The average Bonchev–Trinajstić information content (AvgIpc) is 3.02. The van der Waals surface area contributed by atoms with Crippen LogP contribution in [-0.2, 0) is 9.53 Å². The fourth-order valence-corrected chi connectivity index (χ4v) is 5.00. The maximum atomic E-state index is 13.4. The largest absolute Gasteiger partial charge is 0.466 e. The normalized spacial score (nSPS) is 16.4. The standard InChI is InChI=1S/C22H17IN2O3S/c1-13-18(21(27)28-2)19(15-8-4-3-5-9-15)25-20(26)17(29-22(25)24-13)12-14-7-6-10-16(23)11-14/h3-12,19H,1-2H3/b17-12+/t19-/m0/s1. The summed E-state index contributed by atoms with van der Waals surface area (Å²) in [5.74, 6) is -0.480. The van der Waals surface area contributed by atoms with Gasteiger partial charge in [-0.05, 0) is 58.9 Å². The molecule has 5 nitrogen and oxygen atoms in total. The molecule has 29 heavy (non-hydrogen) atoms. The third-order valence-electron chi connectivity index (χ3n) is 4.69. The second kappa shape index (κ2) is 8.08. The molecule has 3 aromatic rings. The van der Waals surface area contributed by atoms with Gasteiger partial charge in [-0.3, -0.25) is 9.36 Å². The Labute approximate surface area is 184 Å². The van der Waals surface area contributed by atoms with Gasteiger partial charge in [-0.25, -0.2) is 9.79 Å². The van der Waals surface area contributed by atoms with Gasteiger partial charge >= 0.3 is 5.97 Å². The number of hydrogen-bond acceptors (Lipinski definition) is 5. The van der Waals surface area contributed by atoms with Crippen LogP contribution in [0.3, 0.4) is 0 Å². The molecule has 1 aliphatic heterocycles. The topological polar surface area (TPSA) is 60.7 Å². The molecule has 1 aliphatic rings. The van der Waals surface area contributed by atoms with Gasteiger partial charge in [0.05, 0.1) is 29.0 Å². The van der Waals surface area contributed by atoms with Crippen molar-refractivity contribution in [3.8, 4) is 0 Å². The third-order valence-corrected chi connectivity index (χ3v) is 6.34. The number of hydrogen-bond donors (Lipinski definition) is 0. The number of nitrogens with zero attached hydrogens (tertiary/aromatic N) is 2. The molecule has 0 N–H and O–H groups in total. The Morgan fingerprint density at radius 3 is 2.66 bits per heavy atom. The Hall–Kier alpha value is -2.52. The molecule has 0 amide bonds. The molecule has 2 heterocycles. The first-order chi connectivity index (χ1) is 14.0. The fraction of sp³-hybridized carbons (Fsp3) is 0.136. The molecule has 0 spiro atoms.